The molecule has 0 saturated carbocycles. The van der Waals surface area contributed by atoms with Crippen LogP contribution in [0, 0.1) is 0 Å². The summed E-state index contributed by atoms with van der Waals surface area (Å²) in [6, 6.07) is 0. The van der Waals surface area contributed by atoms with Gasteiger partial charge in [0.2, 0.25) is 0 Å². The lowest BCUT2D eigenvalue weighted by Crippen LogP contribution is -2.23. The Labute approximate surface area is 109 Å². The molecule has 0 N–H and O–H groups in total. The van der Waals surface area contributed by atoms with E-state index in [1.165, 1.54) is 51.4 Å². The first-order valence-electron chi connectivity index (χ1n) is 7.54. The quantitative estimate of drug-likeness (QED) is 0.445. The molecular formula is C15H29OP. The van der Waals surface area contributed by atoms with E-state index < -0.39 is 0 Å². The lowest BCUT2D eigenvalue weighted by Gasteiger charge is -2.28. The van der Waals surface area contributed by atoms with Gasteiger partial charge in [-0.05, 0) is 24.2 Å². The zero-order chi connectivity index (χ0) is 12.5. The molecule has 0 aromatic heterocycles. The van der Waals surface area contributed by atoms with Gasteiger partial charge in [0.15, 0.2) is 0 Å². The van der Waals surface area contributed by atoms with E-state index in [0.717, 1.165) is 32.7 Å². The van der Waals surface area contributed by atoms with Crippen LogP contribution >= 0.6 is 8.58 Å². The minimum atomic E-state index is 0.548. The van der Waals surface area contributed by atoms with Crippen molar-refractivity contribution >= 4 is 14.4 Å². The van der Waals surface area contributed by atoms with Crippen LogP contribution in [0.15, 0.2) is 0 Å². The topological polar surface area (TPSA) is 17.1 Å². The number of hydrogen-bond donors (Lipinski definition) is 0. The van der Waals surface area contributed by atoms with Gasteiger partial charge < -0.3 is 0 Å². The second-order valence-corrected chi connectivity index (χ2v) is 7.47. The Morgan fingerprint density at radius 2 is 1.41 bits per heavy atom. The van der Waals surface area contributed by atoms with Crippen molar-refractivity contribution in [3.63, 3.8) is 0 Å². The van der Waals surface area contributed by atoms with E-state index in [0.29, 0.717) is 5.78 Å². The van der Waals surface area contributed by atoms with Gasteiger partial charge in [-0.1, -0.05) is 52.4 Å². The third kappa shape index (κ3) is 6.55. The Bertz CT molecular complexity index is 195. The van der Waals surface area contributed by atoms with Crippen LogP contribution < -0.4 is 0 Å². The molecule has 0 aliphatic carbocycles. The second-order valence-electron chi connectivity index (χ2n) is 5.50. The summed E-state index contributed by atoms with van der Waals surface area (Å²) in [4.78, 5) is 11.8. The highest BCUT2D eigenvalue weighted by molar-refractivity contribution is 7.40. The second kappa shape index (κ2) is 9.09. The molecule has 2 atom stereocenters. The fourth-order valence-electron chi connectivity index (χ4n) is 2.74. The van der Waals surface area contributed by atoms with Crippen LogP contribution in [0.5, 0.6) is 0 Å². The van der Waals surface area contributed by atoms with Crippen molar-refractivity contribution < 1.29 is 4.79 Å². The lowest BCUT2D eigenvalue weighted by molar-refractivity contribution is -0.119. The molecule has 1 aliphatic heterocycles. The van der Waals surface area contributed by atoms with Crippen LogP contribution in [0.2, 0.25) is 0 Å². The molecule has 0 spiro atoms. The predicted octanol–water partition coefficient (Wildman–Crippen LogP) is 4.93. The molecule has 1 aliphatic rings. The highest BCUT2D eigenvalue weighted by Crippen LogP contribution is 2.40. The molecule has 0 radical (unpaired) electrons. The van der Waals surface area contributed by atoms with E-state index in [2.05, 4.69) is 13.8 Å². The zero-order valence-corrected chi connectivity index (χ0v) is 12.6. The van der Waals surface area contributed by atoms with Gasteiger partial charge in [0.05, 0.1) is 0 Å². The largest absolute Gasteiger partial charge is 0.300 e. The summed E-state index contributed by atoms with van der Waals surface area (Å²) in [5, 5.41) is 0. The van der Waals surface area contributed by atoms with E-state index in [-0.39, 0.29) is 0 Å². The van der Waals surface area contributed by atoms with Crippen LogP contribution in [0.25, 0.3) is 0 Å². The van der Waals surface area contributed by atoms with Crippen LogP contribution in [0.3, 0.4) is 0 Å². The monoisotopic (exact) mass is 256 g/mol. The van der Waals surface area contributed by atoms with Crippen molar-refractivity contribution in [2.45, 2.75) is 89.4 Å². The fourth-order valence-corrected chi connectivity index (χ4v) is 4.84. The standard InChI is InChI=1S/C15H29OP/c1-3-5-7-9-14-11-13(16)12-15(17-14)10-8-6-4-2/h14-15,17H,3-12H2,1-2H3. The van der Waals surface area contributed by atoms with Gasteiger partial charge in [-0.25, -0.2) is 0 Å². The molecule has 1 nitrogen and oxygen atoms in total. The summed E-state index contributed by atoms with van der Waals surface area (Å²) in [6.07, 6.45) is 12.4. The SMILES string of the molecule is CCCCCC1CC(=O)CC(CCCCC)P1. The molecule has 17 heavy (non-hydrogen) atoms. The van der Waals surface area contributed by atoms with Gasteiger partial charge in [-0.2, -0.15) is 0 Å². The molecule has 1 saturated heterocycles. The van der Waals surface area contributed by atoms with Gasteiger partial charge in [-0.3, -0.25) is 4.79 Å². The molecule has 0 aromatic rings. The van der Waals surface area contributed by atoms with E-state index in [1.54, 1.807) is 0 Å². The maximum atomic E-state index is 11.8. The summed E-state index contributed by atoms with van der Waals surface area (Å²) < 4.78 is 0. The lowest BCUT2D eigenvalue weighted by atomic mass is 10.0. The number of hydrogen-bond acceptors (Lipinski definition) is 1. The molecule has 0 bridgehead atoms. The molecule has 2 unspecified atom stereocenters. The Balaban J connectivity index is 2.24. The first kappa shape index (κ1) is 15.2. The average Bonchev–Trinajstić information content (AvgIpc) is 2.29. The van der Waals surface area contributed by atoms with Crippen molar-refractivity contribution in [2.24, 2.45) is 0 Å². The Kier molecular flexibility index (Phi) is 8.10. The van der Waals surface area contributed by atoms with E-state index >= 15 is 0 Å². The summed E-state index contributed by atoms with van der Waals surface area (Å²) in [6.45, 7) is 4.50. The van der Waals surface area contributed by atoms with E-state index in [4.69, 9.17) is 0 Å². The minimum absolute atomic E-state index is 0.548. The predicted molar refractivity (Wildman–Crippen MR) is 78.4 cm³/mol. The zero-order valence-electron chi connectivity index (χ0n) is 11.6. The van der Waals surface area contributed by atoms with Gasteiger partial charge in [0, 0.05) is 12.8 Å². The van der Waals surface area contributed by atoms with Crippen LogP contribution in [0.1, 0.15) is 78.1 Å². The van der Waals surface area contributed by atoms with E-state index in [9.17, 15) is 4.79 Å². The smallest absolute Gasteiger partial charge is 0.134 e. The summed E-state index contributed by atoms with van der Waals surface area (Å²) in [5.74, 6) is 0.548. The minimum Gasteiger partial charge on any atom is -0.300 e. The van der Waals surface area contributed by atoms with Gasteiger partial charge >= 0.3 is 0 Å². The van der Waals surface area contributed by atoms with Crippen molar-refractivity contribution in [3.05, 3.63) is 0 Å². The van der Waals surface area contributed by atoms with Crippen LogP contribution in [-0.4, -0.2) is 17.1 Å². The molecule has 0 aromatic carbocycles. The maximum absolute atomic E-state index is 11.8. The Hall–Kier alpha value is 0.100. The Morgan fingerprint density at radius 3 is 1.82 bits per heavy atom. The molecule has 1 fully saturated rings. The van der Waals surface area contributed by atoms with Gasteiger partial charge in [0.25, 0.3) is 0 Å². The third-order valence-electron chi connectivity index (χ3n) is 3.73. The molecular weight excluding hydrogens is 227 g/mol. The summed E-state index contributed by atoms with van der Waals surface area (Å²) in [5.41, 5.74) is 1.49. The number of ketones is 1. The number of rotatable bonds is 8. The highest BCUT2D eigenvalue weighted by Gasteiger charge is 2.26. The first-order chi connectivity index (χ1) is 8.26. The number of unbranched alkanes of at least 4 members (excludes halogenated alkanes) is 4. The maximum Gasteiger partial charge on any atom is 0.134 e. The fraction of sp³-hybridized carbons (Fsp3) is 0.933. The molecule has 1 heterocycles. The van der Waals surface area contributed by atoms with Gasteiger partial charge in [0.1, 0.15) is 5.78 Å². The third-order valence-corrected chi connectivity index (χ3v) is 5.66. The highest BCUT2D eigenvalue weighted by atomic mass is 31.1. The average molecular weight is 256 g/mol. The first-order valence-corrected chi connectivity index (χ1v) is 8.69. The molecule has 1 rings (SSSR count). The van der Waals surface area contributed by atoms with Crippen molar-refractivity contribution in [3.8, 4) is 0 Å². The van der Waals surface area contributed by atoms with Gasteiger partial charge in [-0.15, -0.1) is 8.58 Å². The van der Waals surface area contributed by atoms with Crippen LogP contribution in [0.4, 0.5) is 0 Å². The number of carbonyl (C=O) groups excluding carboxylic acids is 1. The van der Waals surface area contributed by atoms with Crippen molar-refractivity contribution in [2.75, 3.05) is 0 Å². The number of Topliss-reactive ketones (excluding diaryl/α,β-unsaturated/α-hetero) is 1. The molecule has 100 valence electrons. The number of carbonyl (C=O) groups is 1. The normalized spacial score (nSPS) is 26.6. The van der Waals surface area contributed by atoms with Crippen LogP contribution in [-0.2, 0) is 4.79 Å². The molecule has 2 heteroatoms. The summed E-state index contributed by atoms with van der Waals surface area (Å²) >= 11 is 0. The van der Waals surface area contributed by atoms with Crippen molar-refractivity contribution in [1.29, 1.82) is 0 Å². The summed E-state index contributed by atoms with van der Waals surface area (Å²) in [7, 11) is 1.07. The Morgan fingerprint density at radius 1 is 0.941 bits per heavy atom. The van der Waals surface area contributed by atoms with E-state index in [1.807, 2.05) is 0 Å². The van der Waals surface area contributed by atoms with Crippen molar-refractivity contribution in [1.82, 2.24) is 0 Å². The molecule has 0 amide bonds.